The number of carbonyl (C=O) groups is 1. The number of carbonyl (C=O) groups excluding carboxylic acids is 1. The first-order valence-corrected chi connectivity index (χ1v) is 6.18. The average Bonchev–Trinajstić information content (AvgIpc) is 2.38. The maximum Gasteiger partial charge on any atom is 0.416 e. The van der Waals surface area contributed by atoms with Crippen molar-refractivity contribution in [2.75, 3.05) is 17.5 Å². The van der Waals surface area contributed by atoms with Gasteiger partial charge in [0, 0.05) is 13.8 Å². The standard InChI is InChI=1S/C11H11BrF3N3O/c1-16-18(10(19)17(2)7-12)9-5-3-8(4-6-9)11(13,14)15/h3-6H,1,7H2,2H3. The SMILES string of the molecule is C=NN(C(=O)N(C)CBr)c1ccc(C(F)(F)F)cc1. The van der Waals surface area contributed by atoms with Gasteiger partial charge in [0.05, 0.1) is 16.7 Å². The summed E-state index contributed by atoms with van der Waals surface area (Å²) in [6.07, 6.45) is -4.42. The Labute approximate surface area is 116 Å². The highest BCUT2D eigenvalue weighted by atomic mass is 79.9. The average molecular weight is 338 g/mol. The number of benzene rings is 1. The van der Waals surface area contributed by atoms with Crippen molar-refractivity contribution in [3.05, 3.63) is 29.8 Å². The van der Waals surface area contributed by atoms with Gasteiger partial charge in [0.1, 0.15) is 0 Å². The quantitative estimate of drug-likeness (QED) is 0.359. The van der Waals surface area contributed by atoms with Crippen LogP contribution in [-0.4, -0.2) is 30.2 Å². The zero-order valence-corrected chi connectivity index (χ0v) is 11.6. The molecule has 0 aliphatic heterocycles. The molecule has 0 fully saturated rings. The van der Waals surface area contributed by atoms with Crippen LogP contribution >= 0.6 is 15.9 Å². The Bertz CT molecular complexity index is 461. The lowest BCUT2D eigenvalue weighted by Gasteiger charge is -2.22. The van der Waals surface area contributed by atoms with Gasteiger partial charge in [0.15, 0.2) is 0 Å². The van der Waals surface area contributed by atoms with Crippen molar-refractivity contribution in [2.24, 2.45) is 5.10 Å². The maximum absolute atomic E-state index is 12.4. The van der Waals surface area contributed by atoms with Crippen LogP contribution in [0.4, 0.5) is 23.7 Å². The Kier molecular flexibility index (Phi) is 4.93. The van der Waals surface area contributed by atoms with E-state index in [0.717, 1.165) is 29.3 Å². The third-order valence-electron chi connectivity index (χ3n) is 2.27. The predicted octanol–water partition coefficient (Wildman–Crippen LogP) is 3.53. The lowest BCUT2D eigenvalue weighted by Crippen LogP contribution is -2.37. The van der Waals surface area contributed by atoms with Crippen molar-refractivity contribution in [1.82, 2.24) is 4.90 Å². The second-order valence-corrected chi connectivity index (χ2v) is 4.10. The highest BCUT2D eigenvalue weighted by Gasteiger charge is 2.30. The van der Waals surface area contributed by atoms with E-state index in [0.29, 0.717) is 0 Å². The summed E-state index contributed by atoms with van der Waals surface area (Å²) in [6.45, 7) is 3.24. The van der Waals surface area contributed by atoms with E-state index in [9.17, 15) is 18.0 Å². The van der Waals surface area contributed by atoms with Crippen LogP contribution in [-0.2, 0) is 6.18 Å². The summed E-state index contributed by atoms with van der Waals surface area (Å²) in [6, 6.07) is 3.59. The molecule has 0 spiro atoms. The molecule has 0 heterocycles. The molecule has 0 aliphatic carbocycles. The Morgan fingerprint density at radius 1 is 1.37 bits per heavy atom. The molecular formula is C11H11BrF3N3O. The molecule has 8 heteroatoms. The third-order valence-corrected chi connectivity index (χ3v) is 3.02. The van der Waals surface area contributed by atoms with Crippen LogP contribution in [0.1, 0.15) is 5.56 Å². The first-order chi connectivity index (χ1) is 8.81. The van der Waals surface area contributed by atoms with Gasteiger partial charge in [-0.15, -0.1) is 0 Å². The summed E-state index contributed by atoms with van der Waals surface area (Å²) in [5.74, 6) is 0. The normalized spacial score (nSPS) is 11.0. The van der Waals surface area contributed by atoms with Crippen LogP contribution in [0.15, 0.2) is 29.4 Å². The largest absolute Gasteiger partial charge is 0.416 e. The van der Waals surface area contributed by atoms with E-state index in [2.05, 4.69) is 27.7 Å². The molecule has 2 amide bonds. The van der Waals surface area contributed by atoms with Crippen molar-refractivity contribution >= 4 is 34.4 Å². The highest BCUT2D eigenvalue weighted by Crippen LogP contribution is 2.30. The number of hydrogen-bond donors (Lipinski definition) is 0. The maximum atomic E-state index is 12.4. The van der Waals surface area contributed by atoms with E-state index in [4.69, 9.17) is 0 Å². The van der Waals surface area contributed by atoms with Crippen molar-refractivity contribution in [1.29, 1.82) is 0 Å². The Hall–Kier alpha value is -1.57. The van der Waals surface area contributed by atoms with Gasteiger partial charge in [-0.2, -0.15) is 23.3 Å². The van der Waals surface area contributed by atoms with Crippen molar-refractivity contribution in [3.8, 4) is 0 Å². The molecule has 0 radical (unpaired) electrons. The van der Waals surface area contributed by atoms with Gasteiger partial charge in [-0.1, -0.05) is 15.9 Å². The van der Waals surface area contributed by atoms with Crippen molar-refractivity contribution in [2.45, 2.75) is 6.18 Å². The van der Waals surface area contributed by atoms with Gasteiger partial charge in [0.2, 0.25) is 0 Å². The number of halogens is 4. The van der Waals surface area contributed by atoms with Crippen LogP contribution in [0, 0.1) is 0 Å². The Morgan fingerprint density at radius 2 is 1.89 bits per heavy atom. The lowest BCUT2D eigenvalue weighted by atomic mass is 10.2. The summed E-state index contributed by atoms with van der Waals surface area (Å²) in [7, 11) is 1.51. The summed E-state index contributed by atoms with van der Waals surface area (Å²) in [4.78, 5) is 13.1. The van der Waals surface area contributed by atoms with E-state index in [1.807, 2.05) is 0 Å². The Balaban J connectivity index is 3.01. The molecule has 104 valence electrons. The number of urea groups is 1. The smallest absolute Gasteiger partial charge is 0.316 e. The molecule has 0 atom stereocenters. The summed E-state index contributed by atoms with van der Waals surface area (Å²) < 4.78 is 37.2. The minimum atomic E-state index is -4.42. The Morgan fingerprint density at radius 3 is 2.26 bits per heavy atom. The molecule has 1 aromatic rings. The summed E-state index contributed by atoms with van der Waals surface area (Å²) in [5.41, 5.74) is -0.319. The van der Waals surface area contributed by atoms with Crippen molar-refractivity contribution in [3.63, 3.8) is 0 Å². The van der Waals surface area contributed by atoms with Crippen LogP contribution in [0.2, 0.25) is 0 Å². The number of anilines is 1. The minimum Gasteiger partial charge on any atom is -0.316 e. The van der Waals surface area contributed by atoms with E-state index in [1.165, 1.54) is 11.9 Å². The first kappa shape index (κ1) is 15.5. The summed E-state index contributed by atoms with van der Waals surface area (Å²) >= 11 is 3.09. The number of amides is 2. The molecule has 1 aromatic carbocycles. The fraction of sp³-hybridized carbons (Fsp3) is 0.273. The van der Waals surface area contributed by atoms with Gasteiger partial charge in [0.25, 0.3) is 0 Å². The second kappa shape index (κ2) is 6.05. The summed E-state index contributed by atoms with van der Waals surface area (Å²) in [5, 5.41) is 4.43. The predicted molar refractivity (Wildman–Crippen MR) is 70.4 cm³/mol. The molecule has 19 heavy (non-hydrogen) atoms. The highest BCUT2D eigenvalue weighted by molar-refractivity contribution is 9.09. The van der Waals surface area contributed by atoms with Crippen LogP contribution in [0.25, 0.3) is 0 Å². The van der Waals surface area contributed by atoms with Crippen LogP contribution in [0.3, 0.4) is 0 Å². The van der Waals surface area contributed by atoms with Gasteiger partial charge < -0.3 is 4.90 Å². The molecule has 0 N–H and O–H groups in total. The molecule has 0 saturated carbocycles. The monoisotopic (exact) mass is 337 g/mol. The van der Waals surface area contributed by atoms with Crippen LogP contribution in [0.5, 0.6) is 0 Å². The molecular weight excluding hydrogens is 327 g/mol. The third kappa shape index (κ3) is 3.69. The zero-order chi connectivity index (χ0) is 14.6. The number of nitrogens with zero attached hydrogens (tertiary/aromatic N) is 3. The van der Waals surface area contributed by atoms with E-state index < -0.39 is 17.8 Å². The molecule has 1 rings (SSSR count). The van der Waals surface area contributed by atoms with E-state index in [1.54, 1.807) is 0 Å². The molecule has 4 nitrogen and oxygen atoms in total. The fourth-order valence-corrected chi connectivity index (χ4v) is 1.47. The first-order valence-electron chi connectivity index (χ1n) is 5.06. The number of rotatable bonds is 3. The molecule has 0 aliphatic rings. The van der Waals surface area contributed by atoms with E-state index >= 15 is 0 Å². The zero-order valence-electron chi connectivity index (χ0n) is 9.99. The second-order valence-electron chi connectivity index (χ2n) is 3.60. The minimum absolute atomic E-state index is 0.209. The van der Waals surface area contributed by atoms with Gasteiger partial charge in [-0.25, -0.2) is 4.79 Å². The van der Waals surface area contributed by atoms with Gasteiger partial charge >= 0.3 is 12.2 Å². The molecule has 0 aromatic heterocycles. The fourth-order valence-electron chi connectivity index (χ4n) is 1.26. The number of hydrazone groups is 1. The van der Waals surface area contributed by atoms with Gasteiger partial charge in [-0.3, -0.25) is 0 Å². The van der Waals surface area contributed by atoms with Crippen LogP contribution < -0.4 is 5.01 Å². The number of hydrogen-bond acceptors (Lipinski definition) is 2. The van der Waals surface area contributed by atoms with E-state index in [-0.39, 0.29) is 11.1 Å². The lowest BCUT2D eigenvalue weighted by molar-refractivity contribution is -0.137. The molecule has 0 saturated heterocycles. The van der Waals surface area contributed by atoms with Gasteiger partial charge in [-0.05, 0) is 24.3 Å². The number of alkyl halides is 4. The molecule has 0 unspecified atom stereocenters. The topological polar surface area (TPSA) is 35.9 Å². The molecule has 0 bridgehead atoms. The van der Waals surface area contributed by atoms with Crippen molar-refractivity contribution < 1.29 is 18.0 Å².